The molecule has 1 saturated carbocycles. The van der Waals surface area contributed by atoms with E-state index in [0.717, 1.165) is 45.5 Å². The largest absolute Gasteiger partial charge is 0.494 e. The number of ether oxygens (including phenoxy) is 1. The van der Waals surface area contributed by atoms with Crippen LogP contribution < -0.4 is 36.9 Å². The minimum atomic E-state index is -0.500. The Kier molecular flexibility index (Phi) is 10.5. The molecule has 3 aromatic heterocycles. The zero-order valence-corrected chi connectivity index (χ0v) is 28.1. The Morgan fingerprint density at radius 2 is 1.53 bits per heavy atom. The SMILES string of the molecule is CCOc1ccc(Nc2c(C)c(NC3CCCCC3)nc3ccnn23)cc1.C[C@@H](Nc1c(Nc2ccncc2)c(=O)c1=O)c1ccccc1. The molecule has 11 nitrogen and oxygen atoms in total. The average molecular weight is 659 g/mol. The highest BCUT2D eigenvalue weighted by atomic mass is 16.5. The number of rotatable bonds is 11. The van der Waals surface area contributed by atoms with Gasteiger partial charge in [0.2, 0.25) is 0 Å². The molecule has 1 atom stereocenters. The van der Waals surface area contributed by atoms with Gasteiger partial charge in [0.05, 0.1) is 12.8 Å². The molecule has 4 N–H and O–H groups in total. The van der Waals surface area contributed by atoms with Crippen LogP contribution >= 0.6 is 0 Å². The molecule has 252 valence electrons. The Labute approximate surface area is 285 Å². The first-order valence-corrected chi connectivity index (χ1v) is 16.8. The Balaban J connectivity index is 0.000000174. The van der Waals surface area contributed by atoms with Crippen molar-refractivity contribution in [1.29, 1.82) is 0 Å². The van der Waals surface area contributed by atoms with Crippen LogP contribution in [0.2, 0.25) is 0 Å². The van der Waals surface area contributed by atoms with Gasteiger partial charge in [0.1, 0.15) is 28.8 Å². The fraction of sp³-hybridized carbons (Fsp3) is 0.289. The summed E-state index contributed by atoms with van der Waals surface area (Å²) in [5, 5.41) is 17.7. The number of hydrogen-bond acceptors (Lipinski definition) is 10. The lowest BCUT2D eigenvalue weighted by molar-refractivity contribution is 0.340. The molecule has 1 aliphatic rings. The van der Waals surface area contributed by atoms with Crippen molar-refractivity contribution in [2.75, 3.05) is 27.9 Å². The molecule has 1 aliphatic carbocycles. The normalized spacial score (nSPS) is 13.7. The molecule has 6 aromatic rings. The number of benzene rings is 2. The number of nitrogens with one attached hydrogen (secondary N) is 4. The van der Waals surface area contributed by atoms with E-state index in [0.29, 0.717) is 24.0 Å². The smallest absolute Gasteiger partial charge is 0.253 e. The van der Waals surface area contributed by atoms with Gasteiger partial charge in [-0.2, -0.15) is 9.61 Å². The van der Waals surface area contributed by atoms with Crippen LogP contribution in [0.5, 0.6) is 5.75 Å². The van der Waals surface area contributed by atoms with E-state index in [9.17, 15) is 9.59 Å². The quantitative estimate of drug-likeness (QED) is 0.104. The molecule has 0 aliphatic heterocycles. The van der Waals surface area contributed by atoms with Gasteiger partial charge in [-0.25, -0.2) is 4.98 Å². The van der Waals surface area contributed by atoms with Crippen LogP contribution in [0, 0.1) is 6.92 Å². The second kappa shape index (κ2) is 15.5. The topological polar surface area (TPSA) is 135 Å². The first-order valence-electron chi connectivity index (χ1n) is 16.8. The van der Waals surface area contributed by atoms with Crippen molar-refractivity contribution >= 4 is 40.0 Å². The van der Waals surface area contributed by atoms with Gasteiger partial charge in [0.25, 0.3) is 10.9 Å². The van der Waals surface area contributed by atoms with Gasteiger partial charge in [-0.05, 0) is 75.6 Å². The molecule has 0 unspecified atom stereocenters. The van der Waals surface area contributed by atoms with Crippen LogP contribution in [0.4, 0.5) is 34.4 Å². The molecule has 3 heterocycles. The Hall–Kier alpha value is -5.71. The van der Waals surface area contributed by atoms with Crippen molar-refractivity contribution in [2.24, 2.45) is 0 Å². The zero-order valence-electron chi connectivity index (χ0n) is 28.1. The Morgan fingerprint density at radius 3 is 2.24 bits per heavy atom. The second-order valence-corrected chi connectivity index (χ2v) is 12.1. The number of anilines is 6. The number of pyridine rings is 1. The summed E-state index contributed by atoms with van der Waals surface area (Å²) in [6, 6.07) is 23.6. The van der Waals surface area contributed by atoms with Crippen molar-refractivity contribution in [3.8, 4) is 5.75 Å². The van der Waals surface area contributed by atoms with Crippen LogP contribution in [0.1, 0.15) is 63.1 Å². The van der Waals surface area contributed by atoms with Gasteiger partial charge in [0, 0.05) is 47.5 Å². The predicted molar refractivity (Wildman–Crippen MR) is 196 cm³/mol. The summed E-state index contributed by atoms with van der Waals surface area (Å²) in [6.45, 7) is 6.70. The third kappa shape index (κ3) is 7.89. The van der Waals surface area contributed by atoms with E-state index in [2.05, 4.69) is 38.3 Å². The lowest BCUT2D eigenvalue weighted by Gasteiger charge is -2.25. The number of aromatic nitrogens is 4. The number of fused-ring (bicyclic) bond motifs is 1. The van der Waals surface area contributed by atoms with E-state index in [-0.39, 0.29) is 6.04 Å². The van der Waals surface area contributed by atoms with Gasteiger partial charge < -0.3 is 26.0 Å². The van der Waals surface area contributed by atoms with E-state index >= 15 is 0 Å². The van der Waals surface area contributed by atoms with Gasteiger partial charge in [0.15, 0.2) is 5.65 Å². The average Bonchev–Trinajstić information content (AvgIpc) is 3.62. The maximum atomic E-state index is 11.8. The first kappa shape index (κ1) is 33.2. The summed E-state index contributed by atoms with van der Waals surface area (Å²) in [5.74, 6) is 2.76. The molecule has 0 radical (unpaired) electrons. The van der Waals surface area contributed by atoms with Gasteiger partial charge in [-0.1, -0.05) is 49.6 Å². The van der Waals surface area contributed by atoms with Crippen LogP contribution in [-0.2, 0) is 0 Å². The molecule has 0 amide bonds. The highest BCUT2D eigenvalue weighted by Gasteiger charge is 2.23. The maximum Gasteiger partial charge on any atom is 0.253 e. The van der Waals surface area contributed by atoms with E-state index in [1.807, 2.05) is 79.0 Å². The van der Waals surface area contributed by atoms with Crippen molar-refractivity contribution < 1.29 is 4.74 Å². The molecule has 7 rings (SSSR count). The minimum Gasteiger partial charge on any atom is -0.494 e. The van der Waals surface area contributed by atoms with Crippen molar-refractivity contribution in [1.82, 2.24) is 19.6 Å². The van der Waals surface area contributed by atoms with E-state index in [4.69, 9.17) is 9.72 Å². The Morgan fingerprint density at radius 1 is 0.837 bits per heavy atom. The number of hydrogen-bond donors (Lipinski definition) is 4. The second-order valence-electron chi connectivity index (χ2n) is 12.1. The molecule has 11 heteroatoms. The monoisotopic (exact) mass is 658 g/mol. The molecule has 0 saturated heterocycles. The highest BCUT2D eigenvalue weighted by molar-refractivity contribution is 5.79. The summed E-state index contributed by atoms with van der Waals surface area (Å²) >= 11 is 0. The first-order chi connectivity index (χ1) is 23.9. The summed E-state index contributed by atoms with van der Waals surface area (Å²) in [7, 11) is 0. The Bertz CT molecular complexity index is 2030. The fourth-order valence-corrected chi connectivity index (χ4v) is 5.96. The summed E-state index contributed by atoms with van der Waals surface area (Å²) in [5.41, 5.74) is 4.32. The third-order valence-corrected chi connectivity index (χ3v) is 8.67. The summed E-state index contributed by atoms with van der Waals surface area (Å²) in [6.07, 6.45) is 11.4. The van der Waals surface area contributed by atoms with Gasteiger partial charge >= 0.3 is 0 Å². The van der Waals surface area contributed by atoms with Crippen LogP contribution in [0.25, 0.3) is 5.65 Å². The molecule has 1 fully saturated rings. The van der Waals surface area contributed by atoms with Crippen LogP contribution in [0.3, 0.4) is 0 Å². The molecule has 49 heavy (non-hydrogen) atoms. The zero-order chi connectivity index (χ0) is 34.2. The molecule has 0 spiro atoms. The predicted octanol–water partition coefficient (Wildman–Crippen LogP) is 7.52. The van der Waals surface area contributed by atoms with Crippen LogP contribution in [-0.4, -0.2) is 32.2 Å². The van der Waals surface area contributed by atoms with Crippen molar-refractivity contribution in [3.05, 3.63) is 123 Å². The van der Waals surface area contributed by atoms with Gasteiger partial charge in [-0.3, -0.25) is 14.6 Å². The molecule has 3 aromatic carbocycles. The van der Waals surface area contributed by atoms with E-state index < -0.39 is 10.9 Å². The number of nitrogens with zero attached hydrogens (tertiary/aromatic N) is 4. The fourth-order valence-electron chi connectivity index (χ4n) is 5.96. The maximum absolute atomic E-state index is 11.8. The lowest BCUT2D eigenvalue weighted by atomic mass is 9.95. The van der Waals surface area contributed by atoms with E-state index in [1.165, 1.54) is 32.1 Å². The lowest BCUT2D eigenvalue weighted by Crippen LogP contribution is -2.37. The third-order valence-electron chi connectivity index (χ3n) is 8.67. The molecular formula is C38H42N8O3. The molecule has 0 bridgehead atoms. The van der Waals surface area contributed by atoms with Crippen molar-refractivity contribution in [3.63, 3.8) is 0 Å². The summed E-state index contributed by atoms with van der Waals surface area (Å²) < 4.78 is 7.39. The van der Waals surface area contributed by atoms with Crippen molar-refractivity contribution in [2.45, 2.75) is 65.0 Å². The van der Waals surface area contributed by atoms with E-state index in [1.54, 1.807) is 30.7 Å². The minimum absolute atomic E-state index is 0.0671. The van der Waals surface area contributed by atoms with Gasteiger partial charge in [-0.15, -0.1) is 0 Å². The summed E-state index contributed by atoms with van der Waals surface area (Å²) in [4.78, 5) is 32.3. The van der Waals surface area contributed by atoms with Crippen LogP contribution in [0.15, 0.2) is 101 Å². The standard InChI is InChI=1S/C21H27N5O.C17H15N3O2/c1-3-27-18-11-9-17(10-12-18)24-21-15(2)20(23-16-7-5-4-6-8-16)25-19-13-14-22-26(19)21;1-11(12-5-3-2-4-6-12)19-14-15(17(22)16(14)21)20-13-7-9-18-10-8-13/h9-14,16,24H,3-8H2,1-2H3,(H,23,25);2-11,19H,1H3,(H,18,20)/t;11-/m.1/s1. The molecular weight excluding hydrogens is 616 g/mol. The highest BCUT2D eigenvalue weighted by Crippen LogP contribution is 2.30.